The van der Waals surface area contributed by atoms with E-state index in [2.05, 4.69) is 10.5 Å². The quantitative estimate of drug-likeness (QED) is 0.910. The van der Waals surface area contributed by atoms with E-state index in [0.29, 0.717) is 6.42 Å². The lowest BCUT2D eigenvalue weighted by molar-refractivity contribution is -0.121. The zero-order chi connectivity index (χ0) is 14.8. The lowest BCUT2D eigenvalue weighted by Crippen LogP contribution is -2.31. The van der Waals surface area contributed by atoms with Gasteiger partial charge in [0.2, 0.25) is 5.91 Å². The minimum Gasteiger partial charge on any atom is -0.324 e. The first-order chi connectivity index (χ1) is 10.1. The van der Waals surface area contributed by atoms with Crippen LogP contribution in [-0.4, -0.2) is 16.2 Å². The second kappa shape index (κ2) is 5.36. The number of carbonyl (C=O) groups is 1. The summed E-state index contributed by atoms with van der Waals surface area (Å²) in [7, 11) is 0. The van der Waals surface area contributed by atoms with E-state index < -0.39 is 0 Å². The molecule has 1 aromatic heterocycles. The molecule has 21 heavy (non-hydrogen) atoms. The van der Waals surface area contributed by atoms with Gasteiger partial charge in [-0.3, -0.25) is 9.59 Å². The molecule has 0 unspecified atom stereocenters. The highest BCUT2D eigenvalue weighted by Gasteiger charge is 2.21. The lowest BCUT2D eigenvalue weighted by Gasteiger charge is -2.19. The van der Waals surface area contributed by atoms with Gasteiger partial charge in [0.15, 0.2) is 5.43 Å². The maximum atomic E-state index is 11.3. The standard InChI is InChI=1S/C16H15N3O2/c1-11-10-15(21)17-18-16(11)12-2-4-13(5-3-12)19-8-6-14(20)7-9-19/h2-9,11H,10H2,1H3,(H,17,21)/t11-/m0/s1. The Morgan fingerprint density at radius 3 is 2.38 bits per heavy atom. The number of hydrogen-bond acceptors (Lipinski definition) is 3. The summed E-state index contributed by atoms with van der Waals surface area (Å²) in [6, 6.07) is 10.9. The predicted octanol–water partition coefficient (Wildman–Crippen LogP) is 1.70. The smallest absolute Gasteiger partial charge is 0.240 e. The van der Waals surface area contributed by atoms with E-state index in [1.807, 2.05) is 35.8 Å². The van der Waals surface area contributed by atoms with Gasteiger partial charge in [-0.1, -0.05) is 19.1 Å². The van der Waals surface area contributed by atoms with Crippen LogP contribution in [0.1, 0.15) is 18.9 Å². The Bertz CT molecular complexity index is 739. The molecule has 1 atom stereocenters. The van der Waals surface area contributed by atoms with Crippen LogP contribution in [0.2, 0.25) is 0 Å². The summed E-state index contributed by atoms with van der Waals surface area (Å²) in [5.74, 6) is 0.0631. The molecule has 0 bridgehead atoms. The van der Waals surface area contributed by atoms with Gasteiger partial charge >= 0.3 is 0 Å². The average Bonchev–Trinajstić information content (AvgIpc) is 2.48. The normalized spacial score (nSPS) is 18.0. The molecule has 0 aliphatic carbocycles. The van der Waals surface area contributed by atoms with E-state index in [0.717, 1.165) is 17.0 Å². The summed E-state index contributed by atoms with van der Waals surface area (Å²) < 4.78 is 1.87. The van der Waals surface area contributed by atoms with Gasteiger partial charge in [-0.25, -0.2) is 5.43 Å². The molecule has 1 amide bonds. The number of nitrogens with one attached hydrogen (secondary N) is 1. The maximum Gasteiger partial charge on any atom is 0.240 e. The first-order valence-corrected chi connectivity index (χ1v) is 6.79. The third-order valence-electron chi connectivity index (χ3n) is 3.52. The Balaban J connectivity index is 1.89. The second-order valence-corrected chi connectivity index (χ2v) is 5.13. The van der Waals surface area contributed by atoms with Crippen LogP contribution < -0.4 is 10.9 Å². The molecule has 0 fully saturated rings. The number of carbonyl (C=O) groups excluding carboxylic acids is 1. The molecule has 1 N–H and O–H groups in total. The van der Waals surface area contributed by atoms with Crippen molar-refractivity contribution in [3.05, 3.63) is 64.6 Å². The van der Waals surface area contributed by atoms with Gasteiger partial charge in [0.25, 0.3) is 0 Å². The Morgan fingerprint density at radius 2 is 1.76 bits per heavy atom. The van der Waals surface area contributed by atoms with Crippen LogP contribution in [0.4, 0.5) is 0 Å². The highest BCUT2D eigenvalue weighted by atomic mass is 16.2. The van der Waals surface area contributed by atoms with Crippen molar-refractivity contribution in [2.45, 2.75) is 13.3 Å². The Kier molecular flexibility index (Phi) is 3.39. The van der Waals surface area contributed by atoms with Gasteiger partial charge < -0.3 is 4.57 Å². The van der Waals surface area contributed by atoms with Crippen LogP contribution in [0.25, 0.3) is 5.69 Å². The fraction of sp³-hybridized carbons (Fsp3) is 0.188. The van der Waals surface area contributed by atoms with Crippen molar-refractivity contribution >= 4 is 11.6 Å². The van der Waals surface area contributed by atoms with Crippen LogP contribution in [0.15, 0.2) is 58.7 Å². The van der Waals surface area contributed by atoms with Crippen LogP contribution in [0.3, 0.4) is 0 Å². The SMILES string of the molecule is C[C@H]1CC(=O)NN=C1c1ccc(-n2ccc(=O)cc2)cc1. The minimum absolute atomic E-state index is 0.0102. The lowest BCUT2D eigenvalue weighted by atomic mass is 9.94. The van der Waals surface area contributed by atoms with Gasteiger partial charge in [-0.05, 0) is 17.7 Å². The fourth-order valence-corrected chi connectivity index (χ4v) is 2.39. The van der Waals surface area contributed by atoms with Gasteiger partial charge in [0.1, 0.15) is 0 Å². The molecular formula is C16H15N3O2. The predicted molar refractivity (Wildman–Crippen MR) is 80.5 cm³/mol. The molecule has 3 rings (SSSR count). The summed E-state index contributed by atoms with van der Waals surface area (Å²) in [6.45, 7) is 1.99. The summed E-state index contributed by atoms with van der Waals surface area (Å²) in [4.78, 5) is 22.4. The highest BCUT2D eigenvalue weighted by molar-refractivity contribution is 6.05. The van der Waals surface area contributed by atoms with Crippen molar-refractivity contribution in [2.24, 2.45) is 11.0 Å². The van der Waals surface area contributed by atoms with Crippen LogP contribution in [0.5, 0.6) is 0 Å². The molecule has 2 aromatic rings. The average molecular weight is 281 g/mol. The number of pyridine rings is 1. The van der Waals surface area contributed by atoms with Crippen LogP contribution >= 0.6 is 0 Å². The van der Waals surface area contributed by atoms with Crippen molar-refractivity contribution in [1.82, 2.24) is 9.99 Å². The summed E-state index contributed by atoms with van der Waals surface area (Å²) >= 11 is 0. The number of aromatic nitrogens is 1. The Morgan fingerprint density at radius 1 is 1.10 bits per heavy atom. The largest absolute Gasteiger partial charge is 0.324 e. The summed E-state index contributed by atoms with van der Waals surface area (Å²) in [5, 5.41) is 4.14. The second-order valence-electron chi connectivity index (χ2n) is 5.13. The van der Waals surface area contributed by atoms with Crippen LogP contribution in [-0.2, 0) is 4.79 Å². The van der Waals surface area contributed by atoms with Crippen molar-refractivity contribution in [1.29, 1.82) is 0 Å². The zero-order valence-electron chi connectivity index (χ0n) is 11.6. The minimum atomic E-state index is -0.0453. The van der Waals surface area contributed by atoms with Crippen molar-refractivity contribution < 1.29 is 4.79 Å². The number of amides is 1. The molecule has 0 saturated heterocycles. The third kappa shape index (κ3) is 2.76. The molecule has 0 saturated carbocycles. The third-order valence-corrected chi connectivity index (χ3v) is 3.52. The molecule has 106 valence electrons. The van der Waals surface area contributed by atoms with Crippen LogP contribution in [0, 0.1) is 5.92 Å². The molecule has 5 nitrogen and oxygen atoms in total. The van der Waals surface area contributed by atoms with E-state index in [4.69, 9.17) is 0 Å². The number of rotatable bonds is 2. The summed E-state index contributed by atoms with van der Waals surface area (Å²) in [6.07, 6.45) is 3.93. The molecule has 1 aliphatic heterocycles. The van der Waals surface area contributed by atoms with Crippen molar-refractivity contribution in [3.63, 3.8) is 0 Å². The van der Waals surface area contributed by atoms with Gasteiger partial charge in [0.05, 0.1) is 5.71 Å². The van der Waals surface area contributed by atoms with E-state index in [9.17, 15) is 9.59 Å². The van der Waals surface area contributed by atoms with Crippen molar-refractivity contribution in [2.75, 3.05) is 0 Å². The van der Waals surface area contributed by atoms with Gasteiger partial charge in [0, 0.05) is 42.6 Å². The van der Waals surface area contributed by atoms with E-state index >= 15 is 0 Å². The number of hydrogen-bond donors (Lipinski definition) is 1. The van der Waals surface area contributed by atoms with Gasteiger partial charge in [-0.2, -0.15) is 5.10 Å². The van der Waals surface area contributed by atoms with Crippen molar-refractivity contribution in [3.8, 4) is 5.69 Å². The molecule has 2 heterocycles. The molecule has 5 heteroatoms. The monoisotopic (exact) mass is 281 g/mol. The molecule has 1 aromatic carbocycles. The number of benzene rings is 1. The van der Waals surface area contributed by atoms with E-state index in [-0.39, 0.29) is 17.3 Å². The molecular weight excluding hydrogens is 266 g/mol. The Hall–Kier alpha value is -2.69. The molecule has 0 radical (unpaired) electrons. The summed E-state index contributed by atoms with van der Waals surface area (Å²) in [5.41, 5.74) is 5.36. The number of hydrazone groups is 1. The van der Waals surface area contributed by atoms with E-state index in [1.54, 1.807) is 12.4 Å². The first-order valence-electron chi connectivity index (χ1n) is 6.79. The molecule has 0 spiro atoms. The molecule has 1 aliphatic rings. The fourth-order valence-electron chi connectivity index (χ4n) is 2.39. The zero-order valence-corrected chi connectivity index (χ0v) is 11.6. The van der Waals surface area contributed by atoms with Gasteiger partial charge in [-0.15, -0.1) is 0 Å². The first kappa shape index (κ1) is 13.3. The van der Waals surface area contributed by atoms with E-state index in [1.165, 1.54) is 12.1 Å². The highest BCUT2D eigenvalue weighted by Crippen LogP contribution is 2.18. The Labute approximate surface area is 121 Å². The maximum absolute atomic E-state index is 11.3. The topological polar surface area (TPSA) is 63.5 Å². The number of nitrogens with zero attached hydrogens (tertiary/aromatic N) is 2.